The van der Waals surface area contributed by atoms with Crippen LogP contribution >= 0.6 is 0 Å². The van der Waals surface area contributed by atoms with Crippen molar-refractivity contribution in [3.8, 4) is 0 Å². The maximum Gasteiger partial charge on any atom is 0.433 e. The van der Waals surface area contributed by atoms with Gasteiger partial charge in [-0.05, 0) is 0 Å². The van der Waals surface area contributed by atoms with Crippen LogP contribution < -0.4 is 5.73 Å². The van der Waals surface area contributed by atoms with Gasteiger partial charge < -0.3 is 5.73 Å². The van der Waals surface area contributed by atoms with E-state index in [2.05, 4.69) is 10.8 Å². The molecule has 0 bridgehead atoms. The van der Waals surface area contributed by atoms with Crippen molar-refractivity contribution in [2.24, 2.45) is 5.73 Å². The summed E-state index contributed by atoms with van der Waals surface area (Å²) in [5.41, 5.74) is 1.86. The largest absolute Gasteiger partial charge is 0.433 e. The van der Waals surface area contributed by atoms with Crippen molar-refractivity contribution < 1.29 is 22.0 Å². The van der Waals surface area contributed by atoms with Crippen LogP contribution in [0.1, 0.15) is 11.3 Å². The zero-order valence-corrected chi connectivity index (χ0v) is 6.70. The monoisotopic (exact) mass is 215 g/mol. The van der Waals surface area contributed by atoms with E-state index in [0.29, 0.717) is 6.20 Å². The third-order valence-corrected chi connectivity index (χ3v) is 1.57. The predicted octanol–water partition coefficient (Wildman–Crippen LogP) is 1.48. The average molecular weight is 215 g/mol. The molecule has 1 heterocycles. The summed E-state index contributed by atoms with van der Waals surface area (Å²) >= 11 is 0. The van der Waals surface area contributed by atoms with Gasteiger partial charge in [-0.2, -0.15) is 27.1 Å². The summed E-state index contributed by atoms with van der Waals surface area (Å²) in [6.07, 6.45) is -4.46. The number of rotatable bonds is 2. The van der Waals surface area contributed by atoms with E-state index in [9.17, 15) is 22.0 Å². The Morgan fingerprint density at radius 1 is 1.29 bits per heavy atom. The molecule has 0 saturated carbocycles. The number of halogens is 5. The van der Waals surface area contributed by atoms with Gasteiger partial charge in [0.15, 0.2) is 0 Å². The molecule has 3 nitrogen and oxygen atoms in total. The summed E-state index contributed by atoms with van der Waals surface area (Å²) in [5, 5.41) is 4.40. The number of nitrogens with zero attached hydrogens (tertiary/aromatic N) is 1. The fourth-order valence-corrected chi connectivity index (χ4v) is 0.890. The molecule has 0 spiro atoms. The van der Waals surface area contributed by atoms with Gasteiger partial charge >= 0.3 is 6.18 Å². The van der Waals surface area contributed by atoms with Gasteiger partial charge in [0.05, 0.1) is 18.3 Å². The molecule has 0 aliphatic rings. The molecule has 0 radical (unpaired) electrons. The lowest BCUT2D eigenvalue weighted by atomic mass is 10.1. The molecule has 14 heavy (non-hydrogen) atoms. The highest BCUT2D eigenvalue weighted by Crippen LogP contribution is 2.37. The van der Waals surface area contributed by atoms with Crippen LogP contribution in [-0.4, -0.2) is 16.7 Å². The fraction of sp³-hybridized carbons (Fsp3) is 0.500. The SMILES string of the molecule is NCC(F)(F)c1cn[nH]c1C(F)(F)F. The van der Waals surface area contributed by atoms with Gasteiger partial charge in [-0.3, -0.25) is 5.10 Å². The summed E-state index contributed by atoms with van der Waals surface area (Å²) in [6, 6.07) is 0. The zero-order valence-electron chi connectivity index (χ0n) is 6.70. The summed E-state index contributed by atoms with van der Waals surface area (Å²) in [6.45, 7) is -1.20. The molecular formula is C6H6F5N3. The predicted molar refractivity (Wildman–Crippen MR) is 36.5 cm³/mol. The summed E-state index contributed by atoms with van der Waals surface area (Å²) < 4.78 is 62.0. The van der Waals surface area contributed by atoms with E-state index >= 15 is 0 Å². The zero-order chi connectivity index (χ0) is 11.0. The molecule has 1 aromatic rings. The number of hydrogen-bond acceptors (Lipinski definition) is 2. The first-order valence-corrected chi connectivity index (χ1v) is 3.48. The summed E-state index contributed by atoms with van der Waals surface area (Å²) in [7, 11) is 0. The topological polar surface area (TPSA) is 54.7 Å². The van der Waals surface area contributed by atoms with E-state index in [1.807, 2.05) is 0 Å². The standard InChI is InChI=1S/C6H6F5N3/c7-5(8,2-12)3-1-13-14-4(3)6(9,10)11/h1H,2,12H2,(H,13,14). The van der Waals surface area contributed by atoms with Gasteiger partial charge in [0.25, 0.3) is 5.92 Å². The van der Waals surface area contributed by atoms with E-state index in [1.54, 1.807) is 0 Å². The van der Waals surface area contributed by atoms with Crippen molar-refractivity contribution in [1.29, 1.82) is 0 Å². The lowest BCUT2D eigenvalue weighted by Crippen LogP contribution is -2.27. The maximum absolute atomic E-state index is 12.8. The molecule has 0 aliphatic heterocycles. The molecule has 0 aliphatic carbocycles. The Hall–Kier alpha value is -1.18. The Morgan fingerprint density at radius 2 is 1.86 bits per heavy atom. The third-order valence-electron chi connectivity index (χ3n) is 1.57. The molecule has 1 aromatic heterocycles. The molecule has 0 atom stereocenters. The van der Waals surface area contributed by atoms with Gasteiger partial charge in [-0.25, -0.2) is 0 Å². The molecule has 8 heteroatoms. The van der Waals surface area contributed by atoms with Gasteiger partial charge in [0.1, 0.15) is 5.69 Å². The maximum atomic E-state index is 12.8. The van der Waals surface area contributed by atoms with Gasteiger partial charge in [0.2, 0.25) is 0 Å². The molecular weight excluding hydrogens is 209 g/mol. The first-order chi connectivity index (χ1) is 6.29. The van der Waals surface area contributed by atoms with Crippen LogP contribution in [0.4, 0.5) is 22.0 Å². The highest BCUT2D eigenvalue weighted by molar-refractivity contribution is 5.24. The second-order valence-corrected chi connectivity index (χ2v) is 2.57. The van der Waals surface area contributed by atoms with Gasteiger partial charge in [-0.15, -0.1) is 0 Å². The van der Waals surface area contributed by atoms with E-state index in [1.165, 1.54) is 5.10 Å². The number of hydrogen-bond donors (Lipinski definition) is 2. The molecule has 0 fully saturated rings. The van der Waals surface area contributed by atoms with E-state index in [4.69, 9.17) is 0 Å². The lowest BCUT2D eigenvalue weighted by Gasteiger charge is -2.14. The van der Waals surface area contributed by atoms with Crippen LogP contribution in [0.2, 0.25) is 0 Å². The minimum absolute atomic E-state index is 0.426. The van der Waals surface area contributed by atoms with E-state index in [-0.39, 0.29) is 0 Å². The Kier molecular flexibility index (Phi) is 2.49. The smallest absolute Gasteiger partial charge is 0.325 e. The van der Waals surface area contributed by atoms with Crippen molar-refractivity contribution in [2.75, 3.05) is 6.54 Å². The fourth-order valence-electron chi connectivity index (χ4n) is 0.890. The van der Waals surface area contributed by atoms with Crippen molar-refractivity contribution in [2.45, 2.75) is 12.1 Å². The number of H-pyrrole nitrogens is 1. The van der Waals surface area contributed by atoms with Crippen LogP contribution in [0.3, 0.4) is 0 Å². The third kappa shape index (κ3) is 1.84. The van der Waals surface area contributed by atoms with Crippen LogP contribution in [0.15, 0.2) is 6.20 Å². The highest BCUT2D eigenvalue weighted by Gasteiger charge is 2.43. The normalized spacial score (nSPS) is 13.3. The second kappa shape index (κ2) is 3.19. The molecule has 0 unspecified atom stereocenters. The number of nitrogens with two attached hydrogens (primary N) is 1. The number of nitrogens with one attached hydrogen (secondary N) is 1. The van der Waals surface area contributed by atoms with Crippen molar-refractivity contribution in [3.05, 3.63) is 17.5 Å². The Morgan fingerprint density at radius 3 is 2.29 bits per heavy atom. The minimum atomic E-state index is -4.88. The Bertz CT molecular complexity index is 316. The van der Waals surface area contributed by atoms with Crippen LogP contribution in [0.5, 0.6) is 0 Å². The van der Waals surface area contributed by atoms with Crippen molar-refractivity contribution >= 4 is 0 Å². The first-order valence-electron chi connectivity index (χ1n) is 3.48. The highest BCUT2D eigenvalue weighted by atomic mass is 19.4. The van der Waals surface area contributed by atoms with Gasteiger partial charge in [-0.1, -0.05) is 0 Å². The van der Waals surface area contributed by atoms with Crippen LogP contribution in [-0.2, 0) is 12.1 Å². The van der Waals surface area contributed by atoms with E-state index < -0.39 is 29.9 Å². The quantitative estimate of drug-likeness (QED) is 0.734. The van der Waals surface area contributed by atoms with Crippen molar-refractivity contribution in [3.63, 3.8) is 0 Å². The molecule has 0 aromatic carbocycles. The molecule has 0 amide bonds. The first kappa shape index (κ1) is 10.9. The number of alkyl halides is 5. The minimum Gasteiger partial charge on any atom is -0.325 e. The number of aromatic nitrogens is 2. The average Bonchev–Trinajstić information content (AvgIpc) is 2.51. The Labute approximate surface area is 75.1 Å². The summed E-state index contributed by atoms with van der Waals surface area (Å²) in [4.78, 5) is 0. The lowest BCUT2D eigenvalue weighted by molar-refractivity contribution is -0.145. The molecule has 1 rings (SSSR count). The van der Waals surface area contributed by atoms with E-state index in [0.717, 1.165) is 0 Å². The van der Waals surface area contributed by atoms with Gasteiger partial charge in [0, 0.05) is 0 Å². The molecule has 3 N–H and O–H groups in total. The summed E-state index contributed by atoms with van der Waals surface area (Å²) in [5.74, 6) is -3.72. The Balaban J connectivity index is 3.18. The second-order valence-electron chi connectivity index (χ2n) is 2.57. The molecule has 80 valence electrons. The van der Waals surface area contributed by atoms with Crippen LogP contribution in [0, 0.1) is 0 Å². The van der Waals surface area contributed by atoms with Crippen molar-refractivity contribution in [1.82, 2.24) is 10.2 Å². The molecule has 0 saturated heterocycles. The van der Waals surface area contributed by atoms with Crippen LogP contribution in [0.25, 0.3) is 0 Å². The number of aromatic amines is 1.